The first-order chi connectivity index (χ1) is 8.05. The van der Waals surface area contributed by atoms with Crippen molar-refractivity contribution in [2.75, 3.05) is 19.8 Å². The molecular formula is C10H14N2O4S. The number of primary sulfonamides is 1. The van der Waals surface area contributed by atoms with Crippen LogP contribution in [-0.4, -0.2) is 33.2 Å². The second kappa shape index (κ2) is 4.99. The number of nitrogens with zero attached hydrogens (tertiary/aromatic N) is 1. The highest BCUT2D eigenvalue weighted by atomic mass is 32.2. The van der Waals surface area contributed by atoms with Gasteiger partial charge in [0.05, 0.1) is 19.4 Å². The van der Waals surface area contributed by atoms with Gasteiger partial charge in [0.2, 0.25) is 15.9 Å². The molecule has 1 saturated heterocycles. The molecule has 7 heteroatoms. The highest BCUT2D eigenvalue weighted by Gasteiger charge is 2.16. The maximum atomic E-state index is 11.0. The molecule has 2 rings (SSSR count). The lowest BCUT2D eigenvalue weighted by atomic mass is 10.1. The number of hydrogen-bond acceptors (Lipinski definition) is 5. The third-order valence-corrected chi connectivity index (χ3v) is 3.43. The van der Waals surface area contributed by atoms with Crippen LogP contribution in [0.5, 0.6) is 5.88 Å². The average molecular weight is 258 g/mol. The van der Waals surface area contributed by atoms with Gasteiger partial charge in [-0.2, -0.15) is 0 Å². The van der Waals surface area contributed by atoms with E-state index >= 15 is 0 Å². The SMILES string of the molecule is NS(=O)(=O)c1ccc(OCC2CCOC2)nc1. The number of nitrogens with two attached hydrogens (primary N) is 1. The summed E-state index contributed by atoms with van der Waals surface area (Å²) in [4.78, 5) is 3.86. The van der Waals surface area contributed by atoms with Crippen LogP contribution in [0, 0.1) is 5.92 Å². The largest absolute Gasteiger partial charge is 0.477 e. The first kappa shape index (κ1) is 12.3. The van der Waals surface area contributed by atoms with Gasteiger partial charge < -0.3 is 9.47 Å². The fourth-order valence-corrected chi connectivity index (χ4v) is 2.00. The Morgan fingerprint density at radius 3 is 2.88 bits per heavy atom. The number of rotatable bonds is 4. The Morgan fingerprint density at radius 1 is 1.53 bits per heavy atom. The number of ether oxygens (including phenoxy) is 2. The molecule has 0 amide bonds. The molecule has 0 spiro atoms. The second-order valence-electron chi connectivity index (χ2n) is 3.92. The van der Waals surface area contributed by atoms with E-state index in [1.165, 1.54) is 18.3 Å². The Bertz CT molecular complexity index is 466. The normalized spacial score (nSPS) is 20.4. The Morgan fingerprint density at radius 2 is 2.35 bits per heavy atom. The van der Waals surface area contributed by atoms with Crippen molar-refractivity contribution in [1.29, 1.82) is 0 Å². The van der Waals surface area contributed by atoms with E-state index in [4.69, 9.17) is 14.6 Å². The first-order valence-electron chi connectivity index (χ1n) is 5.25. The fraction of sp³-hybridized carbons (Fsp3) is 0.500. The zero-order valence-electron chi connectivity index (χ0n) is 9.20. The Balaban J connectivity index is 1.94. The Labute approximate surface area is 99.8 Å². The molecule has 17 heavy (non-hydrogen) atoms. The molecule has 0 bridgehead atoms. The monoisotopic (exact) mass is 258 g/mol. The zero-order chi connectivity index (χ0) is 12.3. The summed E-state index contributed by atoms with van der Waals surface area (Å²) in [5, 5.41) is 4.96. The molecule has 1 aliphatic heterocycles. The van der Waals surface area contributed by atoms with Gasteiger partial charge in [-0.15, -0.1) is 0 Å². The van der Waals surface area contributed by atoms with E-state index in [1.807, 2.05) is 0 Å². The number of pyridine rings is 1. The highest BCUT2D eigenvalue weighted by Crippen LogP contribution is 2.15. The predicted molar refractivity (Wildman–Crippen MR) is 60.0 cm³/mol. The van der Waals surface area contributed by atoms with Crippen LogP contribution in [0.1, 0.15) is 6.42 Å². The van der Waals surface area contributed by atoms with E-state index in [9.17, 15) is 8.42 Å². The van der Waals surface area contributed by atoms with Crippen molar-refractivity contribution in [2.45, 2.75) is 11.3 Å². The second-order valence-corrected chi connectivity index (χ2v) is 5.48. The van der Waals surface area contributed by atoms with Crippen molar-refractivity contribution >= 4 is 10.0 Å². The average Bonchev–Trinajstić information content (AvgIpc) is 2.78. The van der Waals surface area contributed by atoms with Crippen LogP contribution in [0.3, 0.4) is 0 Å². The van der Waals surface area contributed by atoms with Crippen LogP contribution in [0.4, 0.5) is 0 Å². The van der Waals surface area contributed by atoms with Crippen LogP contribution >= 0.6 is 0 Å². The zero-order valence-corrected chi connectivity index (χ0v) is 10.0. The molecule has 1 fully saturated rings. The molecule has 0 aromatic carbocycles. The smallest absolute Gasteiger partial charge is 0.239 e. The van der Waals surface area contributed by atoms with Crippen molar-refractivity contribution in [3.8, 4) is 5.88 Å². The maximum Gasteiger partial charge on any atom is 0.239 e. The topological polar surface area (TPSA) is 91.5 Å². The van der Waals surface area contributed by atoms with E-state index in [2.05, 4.69) is 4.98 Å². The molecule has 6 nitrogen and oxygen atoms in total. The molecule has 1 unspecified atom stereocenters. The molecule has 94 valence electrons. The van der Waals surface area contributed by atoms with Crippen molar-refractivity contribution in [3.63, 3.8) is 0 Å². The maximum absolute atomic E-state index is 11.0. The van der Waals surface area contributed by atoms with Gasteiger partial charge in [0.25, 0.3) is 0 Å². The molecular weight excluding hydrogens is 244 g/mol. The summed E-state index contributed by atoms with van der Waals surface area (Å²) >= 11 is 0. The molecule has 2 heterocycles. The van der Waals surface area contributed by atoms with E-state index in [1.54, 1.807) is 0 Å². The van der Waals surface area contributed by atoms with Crippen LogP contribution < -0.4 is 9.88 Å². The number of hydrogen-bond donors (Lipinski definition) is 1. The highest BCUT2D eigenvalue weighted by molar-refractivity contribution is 7.89. The fourth-order valence-electron chi connectivity index (χ4n) is 1.54. The minimum absolute atomic E-state index is 0.0194. The number of aromatic nitrogens is 1. The lowest BCUT2D eigenvalue weighted by molar-refractivity contribution is 0.165. The molecule has 0 saturated carbocycles. The molecule has 2 N–H and O–H groups in total. The van der Waals surface area contributed by atoms with Gasteiger partial charge in [0, 0.05) is 18.6 Å². The van der Waals surface area contributed by atoms with Crippen LogP contribution in [0.25, 0.3) is 0 Å². The van der Waals surface area contributed by atoms with Gasteiger partial charge >= 0.3 is 0 Å². The van der Waals surface area contributed by atoms with Gasteiger partial charge in [-0.05, 0) is 12.5 Å². The summed E-state index contributed by atoms with van der Waals surface area (Å²) in [5.41, 5.74) is 0. The van der Waals surface area contributed by atoms with Crippen molar-refractivity contribution in [2.24, 2.45) is 11.1 Å². The van der Waals surface area contributed by atoms with Gasteiger partial charge in [0.15, 0.2) is 0 Å². The van der Waals surface area contributed by atoms with Crippen molar-refractivity contribution in [3.05, 3.63) is 18.3 Å². The lowest BCUT2D eigenvalue weighted by Gasteiger charge is -2.09. The summed E-state index contributed by atoms with van der Waals surface area (Å²) in [6.45, 7) is 2.00. The van der Waals surface area contributed by atoms with Gasteiger partial charge in [-0.25, -0.2) is 18.5 Å². The molecule has 1 aromatic heterocycles. The lowest BCUT2D eigenvalue weighted by Crippen LogP contribution is -2.14. The summed E-state index contributed by atoms with van der Waals surface area (Å²) in [5.74, 6) is 0.777. The molecule has 0 aliphatic carbocycles. The quantitative estimate of drug-likeness (QED) is 0.829. The number of sulfonamides is 1. The van der Waals surface area contributed by atoms with Crippen LogP contribution in [-0.2, 0) is 14.8 Å². The summed E-state index contributed by atoms with van der Waals surface area (Å²) in [6.07, 6.45) is 2.17. The van der Waals surface area contributed by atoms with E-state index in [0.717, 1.165) is 13.0 Å². The first-order valence-corrected chi connectivity index (χ1v) is 6.80. The van der Waals surface area contributed by atoms with Crippen LogP contribution in [0.2, 0.25) is 0 Å². The molecule has 1 atom stereocenters. The Kier molecular flexibility index (Phi) is 3.60. The summed E-state index contributed by atoms with van der Waals surface area (Å²) in [7, 11) is -3.69. The van der Waals surface area contributed by atoms with Crippen molar-refractivity contribution in [1.82, 2.24) is 4.98 Å². The predicted octanol–water partition coefficient (Wildman–Crippen LogP) is 0.144. The van der Waals surface area contributed by atoms with Crippen LogP contribution in [0.15, 0.2) is 23.2 Å². The standard InChI is InChI=1S/C10H14N2O4S/c11-17(13,14)9-1-2-10(12-5-9)16-7-8-3-4-15-6-8/h1-2,5,8H,3-4,6-7H2,(H2,11,13,14). The third kappa shape index (κ3) is 3.39. The van der Waals surface area contributed by atoms with Gasteiger partial charge in [-0.1, -0.05) is 0 Å². The van der Waals surface area contributed by atoms with Crippen molar-refractivity contribution < 1.29 is 17.9 Å². The Hall–Kier alpha value is -1.18. The molecule has 0 radical (unpaired) electrons. The summed E-state index contributed by atoms with van der Waals surface area (Å²) < 4.78 is 32.6. The minimum Gasteiger partial charge on any atom is -0.477 e. The minimum atomic E-state index is -3.69. The third-order valence-electron chi connectivity index (χ3n) is 2.53. The molecule has 1 aromatic rings. The van der Waals surface area contributed by atoms with E-state index in [0.29, 0.717) is 25.0 Å². The van der Waals surface area contributed by atoms with E-state index < -0.39 is 10.0 Å². The summed E-state index contributed by atoms with van der Waals surface area (Å²) in [6, 6.07) is 2.87. The van der Waals surface area contributed by atoms with Gasteiger partial charge in [-0.3, -0.25) is 0 Å². The molecule has 1 aliphatic rings. The van der Waals surface area contributed by atoms with Gasteiger partial charge in [0.1, 0.15) is 4.90 Å². The van der Waals surface area contributed by atoms with E-state index in [-0.39, 0.29) is 4.90 Å².